The van der Waals surface area contributed by atoms with Gasteiger partial charge < -0.3 is 30.3 Å². The molecule has 0 spiro atoms. The third-order valence-corrected chi connectivity index (χ3v) is 8.24. The molecular weight excluding hydrogens is 544 g/mol. The SMILES string of the molecule is O=C(CCCCCCCCc1ccccc1)c1c(O)cc(O)c([C@H]2C[C@H](c3ccc(O)cc3)Oc3cc(O)ccc32)c1O. The van der Waals surface area contributed by atoms with Gasteiger partial charge >= 0.3 is 0 Å². The second-order valence-electron chi connectivity index (χ2n) is 11.3. The van der Waals surface area contributed by atoms with Crippen LogP contribution < -0.4 is 4.74 Å². The first-order valence-corrected chi connectivity index (χ1v) is 14.9. The van der Waals surface area contributed by atoms with E-state index in [1.165, 1.54) is 17.7 Å². The molecule has 0 bridgehead atoms. The number of carbonyl (C=O) groups excluding carboxylic acids is 1. The zero-order chi connectivity index (χ0) is 30.3. The lowest BCUT2D eigenvalue weighted by Crippen LogP contribution is -2.20. The molecule has 0 saturated carbocycles. The van der Waals surface area contributed by atoms with E-state index in [9.17, 15) is 30.3 Å². The van der Waals surface area contributed by atoms with E-state index in [1.54, 1.807) is 30.3 Å². The normalized spacial score (nSPS) is 15.9. The Labute approximate surface area is 251 Å². The minimum absolute atomic E-state index is 0.00457. The Balaban J connectivity index is 1.27. The summed E-state index contributed by atoms with van der Waals surface area (Å²) in [6.45, 7) is 0. The van der Waals surface area contributed by atoms with Gasteiger partial charge in [0.25, 0.3) is 0 Å². The second kappa shape index (κ2) is 13.6. The number of carbonyl (C=O) groups is 1. The number of ether oxygens (including phenoxy) is 1. The van der Waals surface area contributed by atoms with Crippen molar-refractivity contribution in [3.05, 3.63) is 107 Å². The van der Waals surface area contributed by atoms with Gasteiger partial charge in [-0.1, -0.05) is 74.2 Å². The molecule has 4 aromatic carbocycles. The van der Waals surface area contributed by atoms with Crippen molar-refractivity contribution in [3.8, 4) is 34.5 Å². The van der Waals surface area contributed by atoms with Crippen molar-refractivity contribution < 1.29 is 35.1 Å². The van der Waals surface area contributed by atoms with E-state index >= 15 is 0 Å². The molecule has 2 atom stereocenters. The van der Waals surface area contributed by atoms with E-state index in [1.807, 2.05) is 6.07 Å². The first-order chi connectivity index (χ1) is 20.8. The van der Waals surface area contributed by atoms with Crippen LogP contribution in [0.25, 0.3) is 0 Å². The summed E-state index contributed by atoms with van der Waals surface area (Å²) in [5.74, 6) is -1.75. The van der Waals surface area contributed by atoms with Gasteiger partial charge in [-0.3, -0.25) is 4.79 Å². The molecule has 1 aliphatic rings. The third-order valence-electron chi connectivity index (χ3n) is 8.24. The van der Waals surface area contributed by atoms with Crippen molar-refractivity contribution in [1.29, 1.82) is 0 Å². The molecule has 0 saturated heterocycles. The fraction of sp³-hybridized carbons (Fsp3) is 0.306. The summed E-state index contributed by atoms with van der Waals surface area (Å²) in [4.78, 5) is 13.2. The maximum Gasteiger partial charge on any atom is 0.170 e. The lowest BCUT2D eigenvalue weighted by Gasteiger charge is -2.33. The first kappa shape index (κ1) is 29.8. The molecule has 43 heavy (non-hydrogen) atoms. The predicted octanol–water partition coefficient (Wildman–Crippen LogP) is 8.03. The van der Waals surface area contributed by atoms with Gasteiger partial charge in [-0.2, -0.15) is 0 Å². The lowest BCUT2D eigenvalue weighted by molar-refractivity contribution is 0.0973. The van der Waals surface area contributed by atoms with Gasteiger partial charge in [-0.25, -0.2) is 0 Å². The Morgan fingerprint density at radius 1 is 0.721 bits per heavy atom. The van der Waals surface area contributed by atoms with Crippen molar-refractivity contribution in [2.24, 2.45) is 0 Å². The highest BCUT2D eigenvalue weighted by molar-refractivity contribution is 6.02. The van der Waals surface area contributed by atoms with Crippen LogP contribution in [0, 0.1) is 0 Å². The number of rotatable bonds is 12. The molecule has 0 aliphatic carbocycles. The van der Waals surface area contributed by atoms with E-state index in [2.05, 4.69) is 24.3 Å². The van der Waals surface area contributed by atoms with Crippen LogP contribution in [0.2, 0.25) is 0 Å². The number of aryl methyl sites for hydroxylation is 1. The van der Waals surface area contributed by atoms with E-state index in [0.717, 1.165) is 50.2 Å². The van der Waals surface area contributed by atoms with Gasteiger partial charge in [-0.15, -0.1) is 0 Å². The summed E-state index contributed by atoms with van der Waals surface area (Å²) in [5.41, 5.74) is 2.65. The molecule has 5 rings (SSSR count). The minimum atomic E-state index is -0.605. The van der Waals surface area contributed by atoms with Crippen molar-refractivity contribution in [3.63, 3.8) is 0 Å². The van der Waals surface area contributed by atoms with Gasteiger partial charge in [0.05, 0.1) is 0 Å². The van der Waals surface area contributed by atoms with Crippen LogP contribution in [-0.4, -0.2) is 31.3 Å². The minimum Gasteiger partial charge on any atom is -0.508 e. The number of hydrogen-bond acceptors (Lipinski definition) is 7. The predicted molar refractivity (Wildman–Crippen MR) is 164 cm³/mol. The molecule has 0 amide bonds. The largest absolute Gasteiger partial charge is 0.508 e. The van der Waals surface area contributed by atoms with Crippen LogP contribution in [0.5, 0.6) is 34.5 Å². The molecule has 0 fully saturated rings. The maximum absolute atomic E-state index is 13.2. The molecule has 4 aromatic rings. The summed E-state index contributed by atoms with van der Waals surface area (Å²) >= 11 is 0. The van der Waals surface area contributed by atoms with Crippen LogP contribution in [0.4, 0.5) is 0 Å². The quantitative estimate of drug-likeness (QED) is 0.0845. The van der Waals surface area contributed by atoms with Gasteiger partial charge in [0.15, 0.2) is 5.78 Å². The van der Waals surface area contributed by atoms with E-state index in [0.29, 0.717) is 24.2 Å². The molecule has 1 heterocycles. The molecule has 7 nitrogen and oxygen atoms in total. The van der Waals surface area contributed by atoms with E-state index in [-0.39, 0.29) is 40.6 Å². The lowest BCUT2D eigenvalue weighted by atomic mass is 9.80. The maximum atomic E-state index is 13.2. The highest BCUT2D eigenvalue weighted by Crippen LogP contribution is 2.52. The van der Waals surface area contributed by atoms with Gasteiger partial charge in [0.1, 0.15) is 46.2 Å². The number of aromatic hydroxyl groups is 5. The number of ketones is 1. The standard InChI is InChI=1S/C36H38O7/c37-25-16-14-24(15-17-25)32-21-28(27-19-18-26(38)20-33(27)43-32)34-30(40)22-31(41)35(36(34)42)29(39)13-9-4-2-1-3-6-10-23-11-7-5-8-12-23/h5,7-8,11-12,14-20,22,28,32,37-38,40-42H,1-4,6,9-10,13,21H2/t28-,32+/m0/s1. The number of Topliss-reactive ketones (excluding diaryl/α,β-unsaturated/α-hetero) is 1. The van der Waals surface area contributed by atoms with Gasteiger partial charge in [-0.05, 0) is 55.0 Å². The number of unbranched alkanes of at least 4 members (excludes halogenated alkanes) is 5. The summed E-state index contributed by atoms with van der Waals surface area (Å²) in [6, 6.07) is 22.7. The Hall–Kier alpha value is -4.65. The van der Waals surface area contributed by atoms with Crippen LogP contribution in [-0.2, 0) is 6.42 Å². The van der Waals surface area contributed by atoms with Crippen LogP contribution >= 0.6 is 0 Å². The number of phenols is 5. The number of phenolic OH excluding ortho intramolecular Hbond substituents is 5. The first-order valence-electron chi connectivity index (χ1n) is 14.9. The Bertz CT molecular complexity index is 1550. The molecule has 5 N–H and O–H groups in total. The zero-order valence-electron chi connectivity index (χ0n) is 24.1. The van der Waals surface area contributed by atoms with E-state index < -0.39 is 23.5 Å². The summed E-state index contributed by atoms with van der Waals surface area (Å²) < 4.78 is 6.17. The molecule has 0 aromatic heterocycles. The molecule has 7 heteroatoms. The molecule has 1 aliphatic heterocycles. The van der Waals surface area contributed by atoms with Crippen molar-refractivity contribution >= 4 is 5.78 Å². The Morgan fingerprint density at radius 3 is 2.14 bits per heavy atom. The molecule has 0 unspecified atom stereocenters. The van der Waals surface area contributed by atoms with Crippen molar-refractivity contribution in [2.75, 3.05) is 0 Å². The highest BCUT2D eigenvalue weighted by atomic mass is 16.5. The smallest absolute Gasteiger partial charge is 0.170 e. The summed E-state index contributed by atoms with van der Waals surface area (Å²) in [6.07, 6.45) is 6.85. The zero-order valence-corrected chi connectivity index (χ0v) is 24.1. The molecule has 0 radical (unpaired) electrons. The fourth-order valence-electron chi connectivity index (χ4n) is 5.99. The molecule has 224 valence electrons. The van der Waals surface area contributed by atoms with Crippen LogP contribution in [0.15, 0.2) is 78.9 Å². The number of hydrogen-bond donors (Lipinski definition) is 5. The topological polar surface area (TPSA) is 127 Å². The third kappa shape index (κ3) is 7.05. The average molecular weight is 583 g/mol. The van der Waals surface area contributed by atoms with Gasteiger partial charge in [0.2, 0.25) is 0 Å². The van der Waals surface area contributed by atoms with Crippen molar-refractivity contribution in [2.45, 2.75) is 69.8 Å². The second-order valence-corrected chi connectivity index (χ2v) is 11.3. The van der Waals surface area contributed by atoms with E-state index in [4.69, 9.17) is 4.74 Å². The fourth-order valence-corrected chi connectivity index (χ4v) is 5.99. The summed E-state index contributed by atoms with van der Waals surface area (Å²) in [5, 5.41) is 52.8. The Morgan fingerprint density at radius 2 is 1.40 bits per heavy atom. The van der Waals surface area contributed by atoms with Gasteiger partial charge in [0, 0.05) is 35.6 Å². The molecular formula is C36H38O7. The monoisotopic (exact) mass is 582 g/mol. The Kier molecular flexibility index (Phi) is 9.40. The van der Waals surface area contributed by atoms with Crippen LogP contribution in [0.1, 0.15) is 96.0 Å². The number of benzene rings is 4. The highest BCUT2D eigenvalue weighted by Gasteiger charge is 2.36. The summed E-state index contributed by atoms with van der Waals surface area (Å²) in [7, 11) is 0. The number of fused-ring (bicyclic) bond motifs is 1. The van der Waals surface area contributed by atoms with Crippen molar-refractivity contribution in [1.82, 2.24) is 0 Å². The average Bonchev–Trinajstić information content (AvgIpc) is 2.98. The van der Waals surface area contributed by atoms with Crippen LogP contribution in [0.3, 0.4) is 0 Å².